The molecule has 9 heteroatoms. The Hall–Kier alpha value is -3.17. The monoisotopic (exact) mass is 506 g/mol. The van der Waals surface area contributed by atoms with E-state index in [0.29, 0.717) is 36.9 Å². The van der Waals surface area contributed by atoms with Crippen LogP contribution in [0.25, 0.3) is 21.0 Å². The molecule has 35 heavy (non-hydrogen) atoms. The Morgan fingerprint density at radius 1 is 1.03 bits per heavy atom. The zero-order chi connectivity index (χ0) is 24.4. The predicted octanol–water partition coefficient (Wildman–Crippen LogP) is 4.63. The van der Waals surface area contributed by atoms with E-state index in [0.717, 1.165) is 33.2 Å². The molecule has 0 aliphatic carbocycles. The largest absolute Gasteiger partial charge is 0.468 e. The van der Waals surface area contributed by atoms with E-state index in [1.807, 2.05) is 41.3 Å². The average molecular weight is 507 g/mol. The van der Waals surface area contributed by atoms with Crippen LogP contribution in [0.4, 0.5) is 5.82 Å². The first-order valence-electron chi connectivity index (χ1n) is 11.6. The van der Waals surface area contributed by atoms with Crippen molar-refractivity contribution in [2.45, 2.75) is 18.5 Å². The van der Waals surface area contributed by atoms with Crippen LogP contribution in [0.2, 0.25) is 0 Å². The maximum absolute atomic E-state index is 13.2. The zero-order valence-electron chi connectivity index (χ0n) is 19.7. The van der Waals surface area contributed by atoms with Crippen LogP contribution in [-0.2, 0) is 16.0 Å². The number of methoxy groups -OCH3 is 1. The van der Waals surface area contributed by atoms with E-state index in [4.69, 9.17) is 9.72 Å². The smallest absolute Gasteiger partial charge is 0.316 e. The first-order chi connectivity index (χ1) is 17.1. The molecule has 1 aliphatic heterocycles. The summed E-state index contributed by atoms with van der Waals surface area (Å²) in [6.45, 7) is 4.73. The molecule has 0 spiro atoms. The van der Waals surface area contributed by atoms with Crippen LogP contribution in [0.5, 0.6) is 0 Å². The third kappa shape index (κ3) is 4.97. The van der Waals surface area contributed by atoms with E-state index in [2.05, 4.69) is 28.9 Å². The summed E-state index contributed by atoms with van der Waals surface area (Å²) in [5, 5.41) is 3.80. The molecule has 0 radical (unpaired) electrons. The van der Waals surface area contributed by atoms with Crippen LogP contribution >= 0.6 is 23.1 Å². The topological polar surface area (TPSA) is 75.6 Å². The predicted molar refractivity (Wildman–Crippen MR) is 142 cm³/mol. The number of amides is 1. The molecular formula is C26H26N4O3S2. The van der Waals surface area contributed by atoms with Crippen LogP contribution < -0.4 is 4.90 Å². The number of hydrogen-bond donors (Lipinski definition) is 0. The van der Waals surface area contributed by atoms with E-state index >= 15 is 0 Å². The molecule has 1 fully saturated rings. The minimum absolute atomic E-state index is 0.0568. The fourth-order valence-corrected chi connectivity index (χ4v) is 5.92. The van der Waals surface area contributed by atoms with Gasteiger partial charge >= 0.3 is 5.97 Å². The van der Waals surface area contributed by atoms with E-state index in [9.17, 15) is 9.59 Å². The van der Waals surface area contributed by atoms with Crippen molar-refractivity contribution in [3.8, 4) is 0 Å². The van der Waals surface area contributed by atoms with Crippen molar-refractivity contribution in [2.24, 2.45) is 0 Å². The molecule has 4 aromatic rings. The molecule has 0 N–H and O–H groups in total. The van der Waals surface area contributed by atoms with Crippen molar-refractivity contribution in [1.82, 2.24) is 14.9 Å². The summed E-state index contributed by atoms with van der Waals surface area (Å²) < 4.78 is 4.76. The van der Waals surface area contributed by atoms with Crippen molar-refractivity contribution >= 4 is 61.8 Å². The normalized spacial score (nSPS) is 14.0. The van der Waals surface area contributed by atoms with Crippen molar-refractivity contribution in [3.05, 3.63) is 59.0 Å². The van der Waals surface area contributed by atoms with Crippen molar-refractivity contribution < 1.29 is 14.3 Å². The SMILES string of the molecule is CCc1cc2c(N3CCN(C(=O)c4ccc5ccccc5c4)CC3)nc(SCC(=O)OC)nc2s1. The minimum Gasteiger partial charge on any atom is -0.468 e. The summed E-state index contributed by atoms with van der Waals surface area (Å²) in [5.74, 6) is 0.792. The van der Waals surface area contributed by atoms with Gasteiger partial charge in [-0.15, -0.1) is 11.3 Å². The number of piperazine rings is 1. The van der Waals surface area contributed by atoms with Crippen molar-refractivity contribution in [3.63, 3.8) is 0 Å². The summed E-state index contributed by atoms with van der Waals surface area (Å²) in [4.78, 5) is 40.6. The van der Waals surface area contributed by atoms with Crippen LogP contribution in [0.1, 0.15) is 22.2 Å². The fourth-order valence-electron chi connectivity index (χ4n) is 4.23. The lowest BCUT2D eigenvalue weighted by Crippen LogP contribution is -2.49. The lowest BCUT2D eigenvalue weighted by Gasteiger charge is -2.35. The third-order valence-electron chi connectivity index (χ3n) is 6.16. The number of aromatic nitrogens is 2. The standard InChI is InChI=1S/C26H26N4O3S2/c1-3-20-15-21-23(27-26(28-24(21)35-20)34-16-22(31)33-2)29-10-12-30(13-11-29)25(32)19-9-8-17-6-4-5-7-18(17)14-19/h4-9,14-15H,3,10-13,16H2,1-2H3. The van der Waals surface area contributed by atoms with E-state index in [1.165, 1.54) is 23.7 Å². The summed E-state index contributed by atoms with van der Waals surface area (Å²) in [6, 6.07) is 16.1. The van der Waals surface area contributed by atoms with E-state index < -0.39 is 0 Å². The van der Waals surface area contributed by atoms with Gasteiger partial charge in [0.25, 0.3) is 5.91 Å². The van der Waals surface area contributed by atoms with Gasteiger partial charge in [-0.25, -0.2) is 9.97 Å². The van der Waals surface area contributed by atoms with Gasteiger partial charge in [0.05, 0.1) is 18.2 Å². The maximum atomic E-state index is 13.2. The number of esters is 1. The highest BCUT2D eigenvalue weighted by atomic mass is 32.2. The maximum Gasteiger partial charge on any atom is 0.316 e. The quantitative estimate of drug-likeness (QED) is 0.214. The molecule has 0 atom stereocenters. The Labute approximate surface area is 212 Å². The fraction of sp³-hybridized carbons (Fsp3) is 0.308. The molecule has 0 unspecified atom stereocenters. The first kappa shape index (κ1) is 23.6. The van der Waals surface area contributed by atoms with Crippen LogP contribution in [0, 0.1) is 0 Å². The number of carbonyl (C=O) groups excluding carboxylic acids is 2. The van der Waals surface area contributed by atoms with Crippen LogP contribution in [-0.4, -0.2) is 65.8 Å². The van der Waals surface area contributed by atoms with E-state index in [1.54, 1.807) is 11.3 Å². The van der Waals surface area contributed by atoms with Gasteiger partial charge in [0.2, 0.25) is 0 Å². The first-order valence-corrected chi connectivity index (χ1v) is 13.4. The average Bonchev–Trinajstić information content (AvgIpc) is 3.34. The number of aryl methyl sites for hydroxylation is 1. The Kier molecular flexibility index (Phi) is 6.88. The van der Waals surface area contributed by atoms with Gasteiger partial charge in [-0.2, -0.15) is 0 Å². The number of nitrogens with zero attached hydrogens (tertiary/aromatic N) is 4. The molecule has 5 rings (SSSR count). The van der Waals surface area contributed by atoms with Gasteiger partial charge in [0, 0.05) is 36.6 Å². The minimum atomic E-state index is -0.304. The zero-order valence-corrected chi connectivity index (χ0v) is 21.3. The van der Waals surface area contributed by atoms with E-state index in [-0.39, 0.29) is 17.6 Å². The lowest BCUT2D eigenvalue weighted by molar-refractivity contribution is -0.137. The molecule has 0 bridgehead atoms. The molecule has 1 amide bonds. The molecule has 1 aliphatic rings. The molecule has 3 heterocycles. The summed E-state index contributed by atoms with van der Waals surface area (Å²) in [5.41, 5.74) is 0.716. The van der Waals surface area contributed by atoms with Crippen LogP contribution in [0.15, 0.2) is 53.7 Å². The molecular weight excluding hydrogens is 480 g/mol. The summed E-state index contributed by atoms with van der Waals surface area (Å²) >= 11 is 2.95. The Morgan fingerprint density at radius 2 is 1.80 bits per heavy atom. The Morgan fingerprint density at radius 3 is 2.54 bits per heavy atom. The lowest BCUT2D eigenvalue weighted by atomic mass is 10.1. The molecule has 2 aromatic carbocycles. The highest BCUT2D eigenvalue weighted by Crippen LogP contribution is 2.34. The molecule has 7 nitrogen and oxygen atoms in total. The van der Waals surface area contributed by atoms with Crippen molar-refractivity contribution in [2.75, 3.05) is 43.9 Å². The molecule has 180 valence electrons. The van der Waals surface area contributed by atoms with Gasteiger partial charge in [0.15, 0.2) is 5.16 Å². The van der Waals surface area contributed by atoms with Gasteiger partial charge in [-0.1, -0.05) is 49.0 Å². The van der Waals surface area contributed by atoms with Crippen LogP contribution in [0.3, 0.4) is 0 Å². The second kappa shape index (κ2) is 10.2. The summed E-state index contributed by atoms with van der Waals surface area (Å²) in [7, 11) is 1.38. The second-order valence-corrected chi connectivity index (χ2v) is 10.4. The number of ether oxygens (including phenoxy) is 1. The number of anilines is 1. The second-order valence-electron chi connectivity index (χ2n) is 8.32. The third-order valence-corrected chi connectivity index (χ3v) is 8.16. The summed E-state index contributed by atoms with van der Waals surface area (Å²) in [6.07, 6.45) is 0.930. The number of thiophene rings is 1. The number of rotatable bonds is 6. The molecule has 0 saturated carbocycles. The van der Waals surface area contributed by atoms with Gasteiger partial charge < -0.3 is 14.5 Å². The number of benzene rings is 2. The Balaban J connectivity index is 1.35. The molecule has 1 saturated heterocycles. The highest BCUT2D eigenvalue weighted by Gasteiger charge is 2.25. The number of carbonyl (C=O) groups is 2. The van der Waals surface area contributed by atoms with Gasteiger partial charge in [0.1, 0.15) is 10.6 Å². The number of fused-ring (bicyclic) bond motifs is 2. The van der Waals surface area contributed by atoms with Gasteiger partial charge in [-0.05, 0) is 35.4 Å². The van der Waals surface area contributed by atoms with Gasteiger partial charge in [-0.3, -0.25) is 9.59 Å². The Bertz CT molecular complexity index is 1400. The van der Waals surface area contributed by atoms with Crippen molar-refractivity contribution in [1.29, 1.82) is 0 Å². The number of hydrogen-bond acceptors (Lipinski definition) is 8. The molecule has 2 aromatic heterocycles. The highest BCUT2D eigenvalue weighted by molar-refractivity contribution is 7.99. The number of thioether (sulfide) groups is 1.